The first-order valence-electron chi connectivity index (χ1n) is 11.5. The fourth-order valence-corrected chi connectivity index (χ4v) is 6.21. The van der Waals surface area contributed by atoms with Gasteiger partial charge in [0.15, 0.2) is 0 Å². The molecule has 0 radical (unpaired) electrons. The molecule has 1 aromatic heterocycles. The molecule has 5 heteroatoms. The Morgan fingerprint density at radius 3 is 2.60 bits per heavy atom. The van der Waals surface area contributed by atoms with Crippen LogP contribution in [0, 0.1) is 29.5 Å². The number of rotatable bonds is 4. The molecule has 0 spiro atoms. The van der Waals surface area contributed by atoms with E-state index in [2.05, 4.69) is 23.3 Å². The summed E-state index contributed by atoms with van der Waals surface area (Å²) in [6.07, 6.45) is 8.28. The minimum Gasteiger partial charge on any atom is -0.381 e. The number of benzene rings is 1. The molecule has 160 valence electrons. The van der Waals surface area contributed by atoms with Gasteiger partial charge >= 0.3 is 0 Å². The van der Waals surface area contributed by atoms with Crippen LogP contribution in [0.3, 0.4) is 0 Å². The van der Waals surface area contributed by atoms with Crippen molar-refractivity contribution >= 4 is 16.8 Å². The summed E-state index contributed by atoms with van der Waals surface area (Å²) in [7, 11) is 0. The minimum absolute atomic E-state index is 0.0766. The fraction of sp³-hybridized carbons (Fsp3) is 0.600. The zero-order valence-corrected chi connectivity index (χ0v) is 17.6. The number of halogens is 1. The molecule has 1 unspecified atom stereocenters. The first-order chi connectivity index (χ1) is 14.6. The van der Waals surface area contributed by atoms with Crippen LogP contribution in [-0.4, -0.2) is 30.1 Å². The van der Waals surface area contributed by atoms with Gasteiger partial charge in [-0.15, -0.1) is 0 Å². The van der Waals surface area contributed by atoms with E-state index in [9.17, 15) is 9.18 Å². The molecule has 1 N–H and O–H groups in total. The number of carbonyl (C=O) groups excluding carboxylic acids is 1. The van der Waals surface area contributed by atoms with Crippen molar-refractivity contribution in [2.24, 2.45) is 23.7 Å². The third-order valence-corrected chi connectivity index (χ3v) is 7.92. The van der Waals surface area contributed by atoms with E-state index in [1.54, 1.807) is 12.1 Å². The quantitative estimate of drug-likeness (QED) is 0.786. The van der Waals surface area contributed by atoms with Crippen molar-refractivity contribution < 1.29 is 13.9 Å². The Kier molecular flexibility index (Phi) is 5.48. The SMILES string of the molecule is CC(C(=O)NC1CCOCC1)[C@H]1C[C@H]2C[C@@H](c3ccnc4ccc(F)cc34)C[C@H]2C1. The molecule has 5 rings (SSSR count). The van der Waals surface area contributed by atoms with Crippen molar-refractivity contribution in [3.63, 3.8) is 0 Å². The summed E-state index contributed by atoms with van der Waals surface area (Å²) in [4.78, 5) is 17.2. The average Bonchev–Trinajstić information content (AvgIpc) is 3.32. The zero-order chi connectivity index (χ0) is 20.7. The van der Waals surface area contributed by atoms with Gasteiger partial charge in [0, 0.05) is 36.8 Å². The third kappa shape index (κ3) is 3.84. The Hall–Kier alpha value is -2.01. The molecule has 1 saturated heterocycles. The fourth-order valence-electron chi connectivity index (χ4n) is 6.21. The highest BCUT2D eigenvalue weighted by molar-refractivity contribution is 5.82. The van der Waals surface area contributed by atoms with Gasteiger partial charge in [-0.3, -0.25) is 9.78 Å². The second-order valence-corrected chi connectivity index (χ2v) is 9.67. The van der Waals surface area contributed by atoms with E-state index >= 15 is 0 Å². The Morgan fingerprint density at radius 2 is 1.87 bits per heavy atom. The van der Waals surface area contributed by atoms with E-state index in [0.717, 1.165) is 62.6 Å². The largest absolute Gasteiger partial charge is 0.381 e. The summed E-state index contributed by atoms with van der Waals surface area (Å²) in [6, 6.07) is 7.25. The number of pyridine rings is 1. The highest BCUT2D eigenvalue weighted by Gasteiger charge is 2.44. The highest BCUT2D eigenvalue weighted by Crippen LogP contribution is 2.54. The van der Waals surface area contributed by atoms with Crippen LogP contribution in [0.1, 0.15) is 56.9 Å². The van der Waals surface area contributed by atoms with Gasteiger partial charge in [-0.1, -0.05) is 6.92 Å². The predicted octanol–water partition coefficient (Wildman–Crippen LogP) is 4.83. The molecule has 5 atom stereocenters. The summed E-state index contributed by atoms with van der Waals surface area (Å²) in [5.41, 5.74) is 2.12. The number of ether oxygens (including phenoxy) is 1. The highest BCUT2D eigenvalue weighted by atomic mass is 19.1. The number of nitrogens with one attached hydrogen (secondary N) is 1. The number of amides is 1. The average molecular weight is 411 g/mol. The number of aromatic nitrogens is 1. The van der Waals surface area contributed by atoms with Gasteiger partial charge in [0.1, 0.15) is 5.82 Å². The van der Waals surface area contributed by atoms with Crippen molar-refractivity contribution in [3.05, 3.63) is 41.8 Å². The van der Waals surface area contributed by atoms with Crippen molar-refractivity contribution in [3.8, 4) is 0 Å². The first-order valence-corrected chi connectivity index (χ1v) is 11.5. The van der Waals surface area contributed by atoms with E-state index < -0.39 is 0 Å². The zero-order valence-electron chi connectivity index (χ0n) is 17.6. The van der Waals surface area contributed by atoms with Crippen LogP contribution < -0.4 is 5.32 Å². The molecule has 2 aromatic rings. The van der Waals surface area contributed by atoms with Crippen LogP contribution in [0.4, 0.5) is 4.39 Å². The topological polar surface area (TPSA) is 51.2 Å². The lowest BCUT2D eigenvalue weighted by Crippen LogP contribution is -2.42. The van der Waals surface area contributed by atoms with Gasteiger partial charge < -0.3 is 10.1 Å². The number of hydrogen-bond donors (Lipinski definition) is 1. The summed E-state index contributed by atoms with van der Waals surface area (Å²) < 4.78 is 19.2. The molecule has 3 fully saturated rings. The van der Waals surface area contributed by atoms with E-state index in [0.29, 0.717) is 23.7 Å². The van der Waals surface area contributed by atoms with Crippen molar-refractivity contribution in [2.45, 2.75) is 57.4 Å². The Morgan fingerprint density at radius 1 is 1.13 bits per heavy atom. The van der Waals surface area contributed by atoms with E-state index in [1.165, 1.54) is 11.6 Å². The van der Waals surface area contributed by atoms with Crippen LogP contribution >= 0.6 is 0 Å². The van der Waals surface area contributed by atoms with Crippen LogP contribution in [-0.2, 0) is 9.53 Å². The summed E-state index contributed by atoms with van der Waals surface area (Å²) in [5.74, 6) is 2.41. The van der Waals surface area contributed by atoms with Gasteiger partial charge in [0.05, 0.1) is 5.52 Å². The Bertz CT molecular complexity index is 913. The second-order valence-electron chi connectivity index (χ2n) is 9.67. The van der Waals surface area contributed by atoms with Crippen LogP contribution in [0.2, 0.25) is 0 Å². The Labute approximate surface area is 177 Å². The molecule has 2 saturated carbocycles. The normalized spacial score (nSPS) is 30.3. The van der Waals surface area contributed by atoms with Crippen molar-refractivity contribution in [1.82, 2.24) is 10.3 Å². The van der Waals surface area contributed by atoms with Gasteiger partial charge in [0.25, 0.3) is 0 Å². The van der Waals surface area contributed by atoms with Crippen molar-refractivity contribution in [2.75, 3.05) is 13.2 Å². The summed E-state index contributed by atoms with van der Waals surface area (Å²) in [5, 5.41) is 4.22. The number of hydrogen-bond acceptors (Lipinski definition) is 3. The van der Waals surface area contributed by atoms with Crippen LogP contribution in [0.25, 0.3) is 10.9 Å². The number of nitrogens with zero attached hydrogens (tertiary/aromatic N) is 1. The maximum Gasteiger partial charge on any atom is 0.223 e. The van der Waals surface area contributed by atoms with Crippen LogP contribution in [0.5, 0.6) is 0 Å². The van der Waals surface area contributed by atoms with E-state index in [4.69, 9.17) is 4.74 Å². The van der Waals surface area contributed by atoms with E-state index in [-0.39, 0.29) is 23.7 Å². The van der Waals surface area contributed by atoms with Gasteiger partial charge in [-0.2, -0.15) is 0 Å². The van der Waals surface area contributed by atoms with Crippen LogP contribution in [0.15, 0.2) is 30.5 Å². The van der Waals surface area contributed by atoms with Gasteiger partial charge in [-0.05, 0) is 92.0 Å². The molecule has 30 heavy (non-hydrogen) atoms. The summed E-state index contributed by atoms with van der Waals surface area (Å²) in [6.45, 7) is 3.61. The minimum atomic E-state index is -0.195. The molecule has 2 heterocycles. The summed E-state index contributed by atoms with van der Waals surface area (Å²) >= 11 is 0. The molecular formula is C25H31FN2O2. The molecule has 3 aliphatic rings. The lowest BCUT2D eigenvalue weighted by molar-refractivity contribution is -0.127. The van der Waals surface area contributed by atoms with Gasteiger partial charge in [-0.25, -0.2) is 4.39 Å². The monoisotopic (exact) mass is 410 g/mol. The molecule has 4 nitrogen and oxygen atoms in total. The third-order valence-electron chi connectivity index (χ3n) is 7.92. The van der Waals surface area contributed by atoms with E-state index in [1.807, 2.05) is 6.20 Å². The van der Waals surface area contributed by atoms with Gasteiger partial charge in [0.2, 0.25) is 5.91 Å². The lowest BCUT2D eigenvalue weighted by atomic mass is 9.85. The number of carbonyl (C=O) groups is 1. The molecule has 1 aliphatic heterocycles. The number of fused-ring (bicyclic) bond motifs is 2. The molecule has 1 aromatic carbocycles. The maximum atomic E-state index is 13.8. The molecule has 1 amide bonds. The molecular weight excluding hydrogens is 379 g/mol. The predicted molar refractivity (Wildman–Crippen MR) is 115 cm³/mol. The smallest absolute Gasteiger partial charge is 0.223 e. The van der Waals surface area contributed by atoms with Crippen molar-refractivity contribution in [1.29, 1.82) is 0 Å². The second kappa shape index (κ2) is 8.26. The Balaban J connectivity index is 1.22. The standard InChI is InChI=1S/C25H31FN2O2/c1-15(25(29)28-21-5-8-30-9-6-21)16-10-17-12-19(13-18(17)11-16)22-4-7-27-24-3-2-20(26)14-23(22)24/h2-4,7,14-19,21H,5-6,8-13H2,1H3,(H,28,29)/t15?,16-,17-,18+,19+. The molecule has 2 aliphatic carbocycles. The maximum absolute atomic E-state index is 13.8. The lowest BCUT2D eigenvalue weighted by Gasteiger charge is -2.27. The molecule has 0 bridgehead atoms. The first kappa shape index (κ1) is 19.9.